The molecule has 30 heavy (non-hydrogen) atoms. The second-order valence-electron chi connectivity index (χ2n) is 7.15. The van der Waals surface area contributed by atoms with Gasteiger partial charge in [0.25, 0.3) is 0 Å². The highest BCUT2D eigenvalue weighted by Crippen LogP contribution is 2.27. The van der Waals surface area contributed by atoms with E-state index in [9.17, 15) is 4.39 Å². The minimum Gasteiger partial charge on any atom is -0.497 e. The second kappa shape index (κ2) is 8.55. The molecule has 2 heterocycles. The van der Waals surface area contributed by atoms with Gasteiger partial charge in [-0.1, -0.05) is 6.07 Å². The van der Waals surface area contributed by atoms with Crippen LogP contribution in [0.3, 0.4) is 0 Å². The highest BCUT2D eigenvalue weighted by atomic mass is 32.1. The number of aromatic nitrogens is 1. The Kier molecular flexibility index (Phi) is 5.85. The van der Waals surface area contributed by atoms with Crippen LogP contribution in [0.1, 0.15) is 10.6 Å². The molecule has 0 radical (unpaired) electrons. The molecule has 1 saturated heterocycles. The van der Waals surface area contributed by atoms with Crippen LogP contribution in [0.5, 0.6) is 11.5 Å². The Bertz CT molecular complexity index is 1070. The Morgan fingerprint density at radius 3 is 2.80 bits per heavy atom. The molecule has 1 fully saturated rings. The number of hydrogen-bond donors (Lipinski definition) is 2. The molecule has 0 bridgehead atoms. The quantitative estimate of drug-likeness (QED) is 0.479. The number of nitrogens with one attached hydrogen (secondary N) is 1. The molecular formula is C21H24FN5O2S. The Hall–Kier alpha value is -2.75. The summed E-state index contributed by atoms with van der Waals surface area (Å²) in [6.07, 6.45) is -0.334. The maximum atomic E-state index is 13.5. The number of hydrogen-bond acceptors (Lipinski definition) is 7. The molecule has 9 heteroatoms. The number of piperazine rings is 1. The molecule has 7 nitrogen and oxygen atoms in total. The zero-order chi connectivity index (χ0) is 21.3. The standard InChI is InChI=1S/C21H24FN5O2S/c1-28-15-5-3-13(17(10-15)29-2)11-26-7-8-27(19(23)12-26)20(24)21-25-16-6-4-14(22)9-18(16)30-21/h3-6,9-10,19,24H,7-8,11-12,23H2,1-2H3. The van der Waals surface area contributed by atoms with Crippen LogP contribution in [-0.2, 0) is 6.54 Å². The first-order chi connectivity index (χ1) is 14.5. The minimum atomic E-state index is -0.334. The van der Waals surface area contributed by atoms with E-state index in [4.69, 9.17) is 20.6 Å². The Morgan fingerprint density at radius 1 is 1.23 bits per heavy atom. The zero-order valence-electron chi connectivity index (χ0n) is 16.9. The molecule has 0 aliphatic carbocycles. The fourth-order valence-electron chi connectivity index (χ4n) is 3.64. The first kappa shape index (κ1) is 20.5. The number of halogens is 1. The summed E-state index contributed by atoms with van der Waals surface area (Å²) in [6, 6.07) is 10.3. The summed E-state index contributed by atoms with van der Waals surface area (Å²) >= 11 is 1.31. The lowest BCUT2D eigenvalue weighted by atomic mass is 10.1. The number of thiazole rings is 1. The maximum absolute atomic E-state index is 13.5. The first-order valence-electron chi connectivity index (χ1n) is 9.59. The third-order valence-corrected chi connectivity index (χ3v) is 6.26. The van der Waals surface area contributed by atoms with Crippen molar-refractivity contribution in [1.29, 1.82) is 5.41 Å². The summed E-state index contributed by atoms with van der Waals surface area (Å²) in [6.45, 7) is 2.67. The van der Waals surface area contributed by atoms with Gasteiger partial charge in [-0.05, 0) is 24.3 Å². The zero-order valence-corrected chi connectivity index (χ0v) is 17.7. The van der Waals surface area contributed by atoms with Gasteiger partial charge >= 0.3 is 0 Å². The van der Waals surface area contributed by atoms with Crippen LogP contribution in [0.2, 0.25) is 0 Å². The number of amidine groups is 1. The molecule has 2 aromatic carbocycles. The summed E-state index contributed by atoms with van der Waals surface area (Å²) < 4.78 is 24.9. The van der Waals surface area contributed by atoms with Crippen molar-refractivity contribution in [2.45, 2.75) is 12.7 Å². The Balaban J connectivity index is 1.44. The van der Waals surface area contributed by atoms with Crippen molar-refractivity contribution >= 4 is 27.4 Å². The average Bonchev–Trinajstić information content (AvgIpc) is 3.17. The van der Waals surface area contributed by atoms with Crippen LogP contribution in [0.4, 0.5) is 4.39 Å². The van der Waals surface area contributed by atoms with Crippen molar-refractivity contribution < 1.29 is 13.9 Å². The molecule has 158 valence electrons. The number of ether oxygens (including phenoxy) is 2. The molecule has 3 N–H and O–H groups in total. The van der Waals surface area contributed by atoms with Crippen molar-refractivity contribution in [2.75, 3.05) is 33.9 Å². The highest BCUT2D eigenvalue weighted by Gasteiger charge is 2.28. The lowest BCUT2D eigenvalue weighted by molar-refractivity contribution is 0.123. The molecule has 0 amide bonds. The summed E-state index contributed by atoms with van der Waals surface area (Å²) in [4.78, 5) is 8.58. The minimum absolute atomic E-state index is 0.283. The molecular weight excluding hydrogens is 405 g/mol. The average molecular weight is 430 g/mol. The van der Waals surface area contributed by atoms with Crippen molar-refractivity contribution in [1.82, 2.24) is 14.8 Å². The van der Waals surface area contributed by atoms with Gasteiger partial charge in [0.05, 0.1) is 30.6 Å². The molecule has 3 aromatic rings. The van der Waals surface area contributed by atoms with Gasteiger partial charge in [-0.25, -0.2) is 9.37 Å². The fourth-order valence-corrected chi connectivity index (χ4v) is 4.59. The van der Waals surface area contributed by atoms with Gasteiger partial charge in [0.15, 0.2) is 10.8 Å². The maximum Gasteiger partial charge on any atom is 0.159 e. The van der Waals surface area contributed by atoms with Crippen LogP contribution in [0, 0.1) is 11.2 Å². The van der Waals surface area contributed by atoms with Gasteiger partial charge in [0.2, 0.25) is 0 Å². The molecule has 1 atom stereocenters. The SMILES string of the molecule is COc1ccc(CN2CCN(C(=N)c3nc4ccc(F)cc4s3)C(N)C2)c(OC)c1. The van der Waals surface area contributed by atoms with Crippen LogP contribution in [-0.4, -0.2) is 60.6 Å². The van der Waals surface area contributed by atoms with E-state index in [2.05, 4.69) is 9.88 Å². The van der Waals surface area contributed by atoms with E-state index in [0.29, 0.717) is 30.2 Å². The third-order valence-electron chi connectivity index (χ3n) is 5.23. The normalized spacial score (nSPS) is 17.3. The number of nitrogens with two attached hydrogens (primary N) is 1. The van der Waals surface area contributed by atoms with E-state index in [1.807, 2.05) is 23.1 Å². The molecule has 4 rings (SSSR count). The van der Waals surface area contributed by atoms with E-state index in [1.165, 1.54) is 23.5 Å². The van der Waals surface area contributed by atoms with Gasteiger partial charge in [-0.2, -0.15) is 0 Å². The van der Waals surface area contributed by atoms with Crippen LogP contribution in [0.25, 0.3) is 10.2 Å². The van der Waals surface area contributed by atoms with Crippen molar-refractivity contribution in [3.63, 3.8) is 0 Å². The number of nitrogens with zero attached hydrogens (tertiary/aromatic N) is 3. The van der Waals surface area contributed by atoms with Gasteiger partial charge in [-0.15, -0.1) is 11.3 Å². The molecule has 0 spiro atoms. The van der Waals surface area contributed by atoms with Gasteiger partial charge in [0.1, 0.15) is 17.3 Å². The van der Waals surface area contributed by atoms with Gasteiger partial charge in [-0.3, -0.25) is 10.3 Å². The number of methoxy groups -OCH3 is 2. The van der Waals surface area contributed by atoms with Crippen LogP contribution in [0.15, 0.2) is 36.4 Å². The van der Waals surface area contributed by atoms with Crippen LogP contribution >= 0.6 is 11.3 Å². The Morgan fingerprint density at radius 2 is 2.07 bits per heavy atom. The first-order valence-corrected chi connectivity index (χ1v) is 10.4. The molecule has 0 saturated carbocycles. The van der Waals surface area contributed by atoms with Gasteiger partial charge in [0, 0.05) is 37.8 Å². The topological polar surface area (TPSA) is 87.7 Å². The predicted molar refractivity (Wildman–Crippen MR) is 116 cm³/mol. The van der Waals surface area contributed by atoms with Crippen LogP contribution < -0.4 is 15.2 Å². The van der Waals surface area contributed by atoms with Crippen molar-refractivity contribution in [3.8, 4) is 11.5 Å². The largest absolute Gasteiger partial charge is 0.497 e. The van der Waals surface area contributed by atoms with E-state index in [0.717, 1.165) is 28.3 Å². The van der Waals surface area contributed by atoms with Crippen molar-refractivity contribution in [2.24, 2.45) is 5.73 Å². The van der Waals surface area contributed by atoms with E-state index < -0.39 is 0 Å². The second-order valence-corrected chi connectivity index (χ2v) is 8.18. The fraction of sp³-hybridized carbons (Fsp3) is 0.333. The molecule has 1 aliphatic heterocycles. The number of fused-ring (bicyclic) bond motifs is 1. The van der Waals surface area contributed by atoms with E-state index >= 15 is 0 Å². The van der Waals surface area contributed by atoms with E-state index in [1.54, 1.807) is 20.3 Å². The summed E-state index contributed by atoms with van der Waals surface area (Å²) in [7, 11) is 3.27. The van der Waals surface area contributed by atoms with Gasteiger partial charge < -0.3 is 20.1 Å². The number of benzene rings is 2. The summed E-state index contributed by atoms with van der Waals surface area (Å²) in [5, 5.41) is 9.14. The smallest absolute Gasteiger partial charge is 0.159 e. The number of rotatable bonds is 5. The van der Waals surface area contributed by atoms with E-state index in [-0.39, 0.29) is 17.8 Å². The lowest BCUT2D eigenvalue weighted by Crippen LogP contribution is -2.58. The highest BCUT2D eigenvalue weighted by molar-refractivity contribution is 7.20. The third kappa shape index (κ3) is 4.09. The molecule has 1 aromatic heterocycles. The molecule has 1 unspecified atom stereocenters. The summed E-state index contributed by atoms with van der Waals surface area (Å²) in [5.74, 6) is 1.51. The van der Waals surface area contributed by atoms with Crippen molar-refractivity contribution in [3.05, 3.63) is 52.8 Å². The summed E-state index contributed by atoms with van der Waals surface area (Å²) in [5.41, 5.74) is 8.16. The predicted octanol–water partition coefficient (Wildman–Crippen LogP) is 2.88. The monoisotopic (exact) mass is 429 g/mol. The lowest BCUT2D eigenvalue weighted by Gasteiger charge is -2.40. The Labute approximate surface area is 178 Å². The molecule has 1 aliphatic rings.